The van der Waals surface area contributed by atoms with E-state index in [-0.39, 0.29) is 16.7 Å². The van der Waals surface area contributed by atoms with Crippen LogP contribution in [0.4, 0.5) is 4.39 Å². The van der Waals surface area contributed by atoms with Gasteiger partial charge in [-0.25, -0.2) is 4.39 Å². The van der Waals surface area contributed by atoms with Crippen molar-refractivity contribution in [1.82, 2.24) is 10.9 Å². The number of hydrogen-bond donors (Lipinski definition) is 2. The number of hydrogen-bond acceptors (Lipinski definition) is 4. The second-order valence-corrected chi connectivity index (χ2v) is 4.61. The Morgan fingerprint density at radius 3 is 2.59 bits per heavy atom. The van der Waals surface area contributed by atoms with Gasteiger partial charge in [-0.05, 0) is 42.8 Å². The third-order valence-electron chi connectivity index (χ3n) is 2.61. The van der Waals surface area contributed by atoms with Crippen molar-refractivity contribution < 1.29 is 23.1 Å². The first-order valence-electron chi connectivity index (χ1n) is 6.24. The molecule has 0 aliphatic rings. The van der Waals surface area contributed by atoms with Crippen molar-refractivity contribution in [1.29, 1.82) is 0 Å². The Bertz CT molecular complexity index is 689. The van der Waals surface area contributed by atoms with Crippen molar-refractivity contribution in [3.05, 3.63) is 53.2 Å². The normalized spacial score (nSPS) is 11.6. The van der Waals surface area contributed by atoms with E-state index in [2.05, 4.69) is 10.9 Å². The number of para-hydroxylation sites is 1. The molecule has 1 aromatic carbocycles. The summed E-state index contributed by atoms with van der Waals surface area (Å²) in [6.45, 7) is 1.41. The van der Waals surface area contributed by atoms with E-state index in [1.807, 2.05) is 0 Å². The van der Waals surface area contributed by atoms with Crippen molar-refractivity contribution >= 4 is 23.4 Å². The van der Waals surface area contributed by atoms with Crippen LogP contribution in [0.2, 0.25) is 5.22 Å². The number of rotatable bonds is 4. The first-order chi connectivity index (χ1) is 10.5. The molecule has 1 aromatic heterocycles. The molecule has 2 N–H and O–H groups in total. The van der Waals surface area contributed by atoms with Crippen LogP contribution < -0.4 is 15.6 Å². The van der Waals surface area contributed by atoms with E-state index in [0.29, 0.717) is 0 Å². The predicted octanol–water partition coefficient (Wildman–Crippen LogP) is 2.30. The molecule has 0 spiro atoms. The lowest BCUT2D eigenvalue weighted by molar-refractivity contribution is -0.128. The molecule has 1 heterocycles. The lowest BCUT2D eigenvalue weighted by Gasteiger charge is -2.15. The number of furan rings is 1. The molecule has 22 heavy (non-hydrogen) atoms. The van der Waals surface area contributed by atoms with E-state index in [9.17, 15) is 14.0 Å². The SMILES string of the molecule is CC(Oc1ccccc1F)C(=O)NNC(=O)c1ccc(Cl)o1. The van der Waals surface area contributed by atoms with Gasteiger partial charge < -0.3 is 9.15 Å². The monoisotopic (exact) mass is 326 g/mol. The molecule has 1 atom stereocenters. The molecule has 2 amide bonds. The topological polar surface area (TPSA) is 80.6 Å². The van der Waals surface area contributed by atoms with Gasteiger partial charge >= 0.3 is 5.91 Å². The highest BCUT2D eigenvalue weighted by Crippen LogP contribution is 2.17. The maximum absolute atomic E-state index is 13.4. The van der Waals surface area contributed by atoms with Crippen LogP contribution in [0.5, 0.6) is 5.75 Å². The maximum atomic E-state index is 13.4. The Labute approximate surface area is 130 Å². The third kappa shape index (κ3) is 3.98. The molecule has 0 fully saturated rings. The summed E-state index contributed by atoms with van der Waals surface area (Å²) in [5, 5.41) is 0.0488. The smallest absolute Gasteiger partial charge is 0.305 e. The van der Waals surface area contributed by atoms with Gasteiger partial charge in [0, 0.05) is 0 Å². The van der Waals surface area contributed by atoms with Crippen LogP contribution in [0.15, 0.2) is 40.8 Å². The molecule has 2 rings (SSSR count). The summed E-state index contributed by atoms with van der Waals surface area (Å²) in [4.78, 5) is 23.4. The summed E-state index contributed by atoms with van der Waals surface area (Å²) in [5.41, 5.74) is 4.27. The number of ether oxygens (including phenoxy) is 1. The van der Waals surface area contributed by atoms with Gasteiger partial charge in [0.25, 0.3) is 5.91 Å². The minimum atomic E-state index is -1.02. The van der Waals surface area contributed by atoms with Crippen LogP contribution in [0, 0.1) is 5.82 Å². The fourth-order valence-electron chi connectivity index (χ4n) is 1.50. The standard InChI is InChI=1S/C14H12ClFN2O4/c1-8(21-10-5-3-2-4-9(10)16)13(19)17-18-14(20)11-6-7-12(15)22-11/h2-8H,1H3,(H,17,19)(H,18,20). The summed E-state index contributed by atoms with van der Waals surface area (Å²) in [5.74, 6) is -2.05. The molecule has 1 unspecified atom stereocenters. The van der Waals surface area contributed by atoms with E-state index < -0.39 is 23.7 Å². The number of benzene rings is 1. The number of carbonyl (C=O) groups is 2. The lowest BCUT2D eigenvalue weighted by atomic mass is 10.3. The summed E-state index contributed by atoms with van der Waals surface area (Å²) in [6.07, 6.45) is -1.02. The van der Waals surface area contributed by atoms with E-state index in [1.54, 1.807) is 6.07 Å². The average molecular weight is 327 g/mol. The van der Waals surface area contributed by atoms with Gasteiger partial charge in [0.15, 0.2) is 28.7 Å². The molecule has 2 aromatic rings. The molecule has 0 bridgehead atoms. The van der Waals surface area contributed by atoms with Crippen LogP contribution in [0.25, 0.3) is 0 Å². The Morgan fingerprint density at radius 2 is 1.95 bits per heavy atom. The second-order valence-electron chi connectivity index (χ2n) is 4.24. The largest absolute Gasteiger partial charge is 0.478 e. The Morgan fingerprint density at radius 1 is 1.23 bits per heavy atom. The van der Waals surface area contributed by atoms with Gasteiger partial charge in [-0.1, -0.05) is 12.1 Å². The van der Waals surface area contributed by atoms with Crippen molar-refractivity contribution in [3.63, 3.8) is 0 Å². The molecular weight excluding hydrogens is 315 g/mol. The average Bonchev–Trinajstić information content (AvgIpc) is 2.93. The quantitative estimate of drug-likeness (QED) is 0.845. The van der Waals surface area contributed by atoms with Gasteiger partial charge in [0.05, 0.1) is 0 Å². The van der Waals surface area contributed by atoms with Crippen LogP contribution >= 0.6 is 11.6 Å². The number of nitrogens with one attached hydrogen (secondary N) is 2. The zero-order chi connectivity index (χ0) is 16.1. The third-order valence-corrected chi connectivity index (χ3v) is 2.81. The summed E-state index contributed by atoms with van der Waals surface area (Å²) < 4.78 is 23.4. The van der Waals surface area contributed by atoms with Gasteiger partial charge in [0.1, 0.15) is 0 Å². The minimum absolute atomic E-state index is 0.0488. The van der Waals surface area contributed by atoms with Gasteiger partial charge in [-0.3, -0.25) is 20.4 Å². The molecular formula is C14H12ClFN2O4. The van der Waals surface area contributed by atoms with Crippen LogP contribution in [0.1, 0.15) is 17.5 Å². The molecule has 0 aliphatic carbocycles. The zero-order valence-electron chi connectivity index (χ0n) is 11.4. The highest BCUT2D eigenvalue weighted by atomic mass is 35.5. The first kappa shape index (κ1) is 15.8. The maximum Gasteiger partial charge on any atom is 0.305 e. The predicted molar refractivity (Wildman–Crippen MR) is 75.8 cm³/mol. The summed E-state index contributed by atoms with van der Waals surface area (Å²) in [6, 6.07) is 8.42. The number of halogens is 2. The van der Waals surface area contributed by atoms with E-state index in [0.717, 1.165) is 0 Å². The molecule has 0 radical (unpaired) electrons. The minimum Gasteiger partial charge on any atom is -0.478 e. The summed E-state index contributed by atoms with van der Waals surface area (Å²) >= 11 is 5.53. The molecule has 6 nitrogen and oxygen atoms in total. The Kier molecular flexibility index (Phi) is 5.00. The lowest BCUT2D eigenvalue weighted by Crippen LogP contribution is -2.47. The molecule has 0 aliphatic heterocycles. The fourth-order valence-corrected chi connectivity index (χ4v) is 1.65. The van der Waals surface area contributed by atoms with Crippen LogP contribution in [-0.4, -0.2) is 17.9 Å². The molecule has 0 saturated heterocycles. The Hall–Kier alpha value is -2.54. The number of carbonyl (C=O) groups excluding carboxylic acids is 2. The van der Waals surface area contributed by atoms with Crippen LogP contribution in [0.3, 0.4) is 0 Å². The summed E-state index contributed by atoms with van der Waals surface area (Å²) in [7, 11) is 0. The highest BCUT2D eigenvalue weighted by molar-refractivity contribution is 6.29. The van der Waals surface area contributed by atoms with Crippen molar-refractivity contribution in [2.45, 2.75) is 13.0 Å². The number of amides is 2. The van der Waals surface area contributed by atoms with Crippen molar-refractivity contribution in [3.8, 4) is 5.75 Å². The molecule has 116 valence electrons. The molecule has 0 saturated carbocycles. The van der Waals surface area contributed by atoms with Crippen molar-refractivity contribution in [2.75, 3.05) is 0 Å². The van der Waals surface area contributed by atoms with Gasteiger partial charge in [-0.15, -0.1) is 0 Å². The highest BCUT2D eigenvalue weighted by Gasteiger charge is 2.18. The van der Waals surface area contributed by atoms with Crippen molar-refractivity contribution in [2.24, 2.45) is 0 Å². The van der Waals surface area contributed by atoms with Gasteiger partial charge in [0.2, 0.25) is 0 Å². The first-order valence-corrected chi connectivity index (χ1v) is 6.62. The van der Waals surface area contributed by atoms with Crippen LogP contribution in [-0.2, 0) is 4.79 Å². The van der Waals surface area contributed by atoms with E-state index in [1.165, 1.54) is 37.3 Å². The van der Waals surface area contributed by atoms with Gasteiger partial charge in [-0.2, -0.15) is 0 Å². The van der Waals surface area contributed by atoms with E-state index in [4.69, 9.17) is 20.8 Å². The zero-order valence-corrected chi connectivity index (χ0v) is 12.2. The number of hydrazine groups is 1. The fraction of sp³-hybridized carbons (Fsp3) is 0.143. The van der Waals surface area contributed by atoms with E-state index >= 15 is 0 Å². The Balaban J connectivity index is 1.86. The molecule has 8 heteroatoms. The second kappa shape index (κ2) is 6.95.